The van der Waals surface area contributed by atoms with Gasteiger partial charge in [0.1, 0.15) is 0 Å². The van der Waals surface area contributed by atoms with Crippen LogP contribution in [0.5, 0.6) is 0 Å². The van der Waals surface area contributed by atoms with Crippen molar-refractivity contribution in [2.75, 3.05) is 19.6 Å². The maximum atomic E-state index is 3.92. The van der Waals surface area contributed by atoms with Crippen LogP contribution < -0.4 is 0 Å². The molecule has 2 nitrogen and oxygen atoms in total. The summed E-state index contributed by atoms with van der Waals surface area (Å²) in [5.41, 5.74) is 0. The normalized spacial score (nSPS) is 35.9. The topological polar surface area (TPSA) is 6.48 Å². The van der Waals surface area contributed by atoms with E-state index in [-0.39, 0.29) is 0 Å². The summed E-state index contributed by atoms with van der Waals surface area (Å²) < 4.78 is 0. The van der Waals surface area contributed by atoms with Gasteiger partial charge in [0.25, 0.3) is 0 Å². The van der Waals surface area contributed by atoms with E-state index in [0.717, 1.165) is 6.04 Å². The molecule has 86 valence electrons. The van der Waals surface area contributed by atoms with Gasteiger partial charge in [-0.1, -0.05) is 12.5 Å². The van der Waals surface area contributed by atoms with Crippen molar-refractivity contribution in [1.82, 2.24) is 9.80 Å². The maximum Gasteiger partial charge on any atom is 0.0251 e. The van der Waals surface area contributed by atoms with Gasteiger partial charge in [-0.15, -0.1) is 6.58 Å². The van der Waals surface area contributed by atoms with Gasteiger partial charge >= 0.3 is 0 Å². The minimum atomic E-state index is 0.532. The molecule has 2 fully saturated rings. The summed E-state index contributed by atoms with van der Waals surface area (Å²) >= 11 is 0. The summed E-state index contributed by atoms with van der Waals surface area (Å²) in [4.78, 5) is 5.31. The zero-order valence-corrected chi connectivity index (χ0v) is 10.2. The molecule has 0 saturated carbocycles. The fourth-order valence-electron chi connectivity index (χ4n) is 3.08. The van der Waals surface area contributed by atoms with Gasteiger partial charge in [0, 0.05) is 31.2 Å². The molecule has 2 aliphatic heterocycles. The lowest BCUT2D eigenvalue weighted by atomic mass is 9.96. The van der Waals surface area contributed by atoms with E-state index in [1.165, 1.54) is 38.9 Å². The third-order valence-corrected chi connectivity index (χ3v) is 4.10. The molecule has 0 aromatic rings. The van der Waals surface area contributed by atoms with Crippen molar-refractivity contribution in [3.05, 3.63) is 12.7 Å². The highest BCUT2D eigenvalue weighted by molar-refractivity contribution is 4.95. The Labute approximate surface area is 93.9 Å². The predicted molar refractivity (Wildman–Crippen MR) is 65.0 cm³/mol. The molecule has 2 aliphatic rings. The number of rotatable bonds is 2. The number of hydrogen-bond donors (Lipinski definition) is 0. The molecular formula is C13H24N2. The van der Waals surface area contributed by atoms with Crippen molar-refractivity contribution in [2.24, 2.45) is 0 Å². The molecule has 2 heterocycles. The number of piperidine rings is 1. The summed E-state index contributed by atoms with van der Waals surface area (Å²) in [6, 6.07) is 2.04. The Morgan fingerprint density at radius 2 is 2.13 bits per heavy atom. The summed E-state index contributed by atoms with van der Waals surface area (Å²) in [6.45, 7) is 12.4. The van der Waals surface area contributed by atoms with Crippen molar-refractivity contribution in [3.8, 4) is 0 Å². The summed E-state index contributed by atoms with van der Waals surface area (Å²) in [7, 11) is 0. The standard InChI is InChI=1S/C13H24N2/c1-4-11(2)15-10-13-7-5-6-8-14(13)9-12(15)3/h4,11-13H,1,5-10H2,2-3H3. The van der Waals surface area contributed by atoms with Crippen molar-refractivity contribution in [1.29, 1.82) is 0 Å². The Bertz CT molecular complexity index is 227. The number of fused-ring (bicyclic) bond motifs is 1. The first kappa shape index (κ1) is 11.2. The molecule has 0 radical (unpaired) electrons. The van der Waals surface area contributed by atoms with Gasteiger partial charge in [-0.2, -0.15) is 0 Å². The Balaban J connectivity index is 2.01. The van der Waals surface area contributed by atoms with E-state index in [1.54, 1.807) is 0 Å². The van der Waals surface area contributed by atoms with Crippen molar-refractivity contribution in [3.63, 3.8) is 0 Å². The van der Waals surface area contributed by atoms with Crippen LogP contribution in [-0.4, -0.2) is 47.6 Å². The molecule has 0 aromatic heterocycles. The quantitative estimate of drug-likeness (QED) is 0.641. The van der Waals surface area contributed by atoms with Crippen molar-refractivity contribution in [2.45, 2.75) is 51.2 Å². The minimum absolute atomic E-state index is 0.532. The van der Waals surface area contributed by atoms with Gasteiger partial charge < -0.3 is 0 Å². The summed E-state index contributed by atoms with van der Waals surface area (Å²) in [5, 5.41) is 0. The molecule has 0 aliphatic carbocycles. The molecule has 0 spiro atoms. The highest BCUT2D eigenvalue weighted by Gasteiger charge is 2.33. The molecule has 0 aromatic carbocycles. The molecule has 15 heavy (non-hydrogen) atoms. The van der Waals surface area contributed by atoms with E-state index in [4.69, 9.17) is 0 Å². The fourth-order valence-corrected chi connectivity index (χ4v) is 3.08. The second-order valence-electron chi connectivity index (χ2n) is 5.17. The van der Waals surface area contributed by atoms with E-state index >= 15 is 0 Å². The zero-order valence-electron chi connectivity index (χ0n) is 10.2. The first-order valence-corrected chi connectivity index (χ1v) is 6.34. The lowest BCUT2D eigenvalue weighted by Gasteiger charge is -2.49. The van der Waals surface area contributed by atoms with Gasteiger partial charge in [0.15, 0.2) is 0 Å². The van der Waals surface area contributed by atoms with E-state index in [1.807, 2.05) is 0 Å². The monoisotopic (exact) mass is 208 g/mol. The van der Waals surface area contributed by atoms with Crippen LogP contribution in [0.4, 0.5) is 0 Å². The van der Waals surface area contributed by atoms with Gasteiger partial charge in [-0.05, 0) is 33.2 Å². The Kier molecular flexibility index (Phi) is 3.47. The van der Waals surface area contributed by atoms with Crippen molar-refractivity contribution < 1.29 is 0 Å². The minimum Gasteiger partial charge on any atom is -0.298 e. The molecule has 3 unspecified atom stereocenters. The van der Waals surface area contributed by atoms with Crippen LogP contribution >= 0.6 is 0 Å². The largest absolute Gasteiger partial charge is 0.298 e. The second-order valence-corrected chi connectivity index (χ2v) is 5.17. The molecule has 3 atom stereocenters. The van der Waals surface area contributed by atoms with Gasteiger partial charge in [-0.25, -0.2) is 0 Å². The fraction of sp³-hybridized carbons (Fsp3) is 0.846. The van der Waals surface area contributed by atoms with Crippen LogP contribution in [0.3, 0.4) is 0 Å². The van der Waals surface area contributed by atoms with Gasteiger partial charge in [-0.3, -0.25) is 9.80 Å². The SMILES string of the molecule is C=CC(C)N1CC2CCCCN2CC1C. The van der Waals surface area contributed by atoms with Crippen molar-refractivity contribution >= 4 is 0 Å². The first-order chi connectivity index (χ1) is 7.22. The third kappa shape index (κ3) is 2.26. The smallest absolute Gasteiger partial charge is 0.0251 e. The second kappa shape index (κ2) is 4.67. The van der Waals surface area contributed by atoms with Gasteiger partial charge in [0.05, 0.1) is 0 Å². The first-order valence-electron chi connectivity index (χ1n) is 6.34. The molecular weight excluding hydrogens is 184 g/mol. The summed E-state index contributed by atoms with van der Waals surface area (Å²) in [5.74, 6) is 0. The lowest BCUT2D eigenvalue weighted by Crippen LogP contribution is -2.60. The predicted octanol–water partition coefficient (Wildman–Crippen LogP) is 2.12. The molecule has 2 rings (SSSR count). The van der Waals surface area contributed by atoms with Crippen LogP contribution in [0.2, 0.25) is 0 Å². The summed E-state index contributed by atoms with van der Waals surface area (Å²) in [6.07, 6.45) is 6.30. The van der Waals surface area contributed by atoms with E-state index in [0.29, 0.717) is 12.1 Å². The van der Waals surface area contributed by atoms with Crippen LogP contribution in [0.25, 0.3) is 0 Å². The Hall–Kier alpha value is -0.340. The molecule has 0 N–H and O–H groups in total. The van der Waals surface area contributed by atoms with Crippen LogP contribution in [0, 0.1) is 0 Å². The van der Waals surface area contributed by atoms with Gasteiger partial charge in [0.2, 0.25) is 0 Å². The molecule has 2 heteroatoms. The van der Waals surface area contributed by atoms with E-state index in [9.17, 15) is 0 Å². The molecule has 0 bridgehead atoms. The highest BCUT2D eigenvalue weighted by Crippen LogP contribution is 2.25. The number of hydrogen-bond acceptors (Lipinski definition) is 2. The lowest BCUT2D eigenvalue weighted by molar-refractivity contribution is 0.00517. The average Bonchev–Trinajstić information content (AvgIpc) is 2.27. The highest BCUT2D eigenvalue weighted by atomic mass is 15.3. The van der Waals surface area contributed by atoms with Crippen LogP contribution in [0.15, 0.2) is 12.7 Å². The van der Waals surface area contributed by atoms with E-state index in [2.05, 4.69) is 36.3 Å². The molecule has 2 saturated heterocycles. The Morgan fingerprint density at radius 3 is 2.87 bits per heavy atom. The number of piperazine rings is 1. The maximum absolute atomic E-state index is 3.92. The van der Waals surface area contributed by atoms with E-state index < -0.39 is 0 Å². The number of nitrogens with zero attached hydrogens (tertiary/aromatic N) is 2. The van der Waals surface area contributed by atoms with Crippen LogP contribution in [0.1, 0.15) is 33.1 Å². The van der Waals surface area contributed by atoms with Crippen LogP contribution in [-0.2, 0) is 0 Å². The third-order valence-electron chi connectivity index (χ3n) is 4.10. The average molecular weight is 208 g/mol. The molecule has 0 amide bonds. The zero-order chi connectivity index (χ0) is 10.8. The Morgan fingerprint density at radius 1 is 1.33 bits per heavy atom.